The number of aliphatic hydroxyl groups is 1. The van der Waals surface area contributed by atoms with E-state index in [0.29, 0.717) is 0 Å². The summed E-state index contributed by atoms with van der Waals surface area (Å²) in [4.78, 5) is 0. The average molecular weight is 285 g/mol. The fourth-order valence-electron chi connectivity index (χ4n) is 1.97. The minimum atomic E-state index is -0.205. The Labute approximate surface area is 105 Å². The summed E-state index contributed by atoms with van der Waals surface area (Å²) in [6, 6.07) is 4.20. The van der Waals surface area contributed by atoms with Gasteiger partial charge in [-0.05, 0) is 40.0 Å². The van der Waals surface area contributed by atoms with Gasteiger partial charge in [0.2, 0.25) is 0 Å². The van der Waals surface area contributed by atoms with Gasteiger partial charge in [0.15, 0.2) is 0 Å². The summed E-state index contributed by atoms with van der Waals surface area (Å²) in [5, 5.41) is 9.39. The summed E-state index contributed by atoms with van der Waals surface area (Å²) in [6.07, 6.45) is 1.20. The van der Waals surface area contributed by atoms with Gasteiger partial charge in [0.1, 0.15) is 11.9 Å². The number of ether oxygens (including phenoxy) is 1. The Hall–Kier alpha value is -0.540. The maximum absolute atomic E-state index is 9.39. The van der Waals surface area contributed by atoms with Gasteiger partial charge >= 0.3 is 0 Å². The second kappa shape index (κ2) is 4.04. The molecule has 1 aromatic rings. The maximum atomic E-state index is 9.39. The first-order valence-corrected chi connectivity index (χ1v) is 6.34. The van der Waals surface area contributed by atoms with Crippen molar-refractivity contribution in [1.82, 2.24) is 0 Å². The van der Waals surface area contributed by atoms with Crippen molar-refractivity contribution in [2.75, 3.05) is 6.61 Å². The van der Waals surface area contributed by atoms with Gasteiger partial charge in [-0.2, -0.15) is 0 Å². The molecule has 0 spiro atoms. The van der Waals surface area contributed by atoms with Crippen LogP contribution in [-0.2, 0) is 11.8 Å². The monoisotopic (exact) mass is 284 g/mol. The molecule has 0 aromatic heterocycles. The molecule has 0 amide bonds. The van der Waals surface area contributed by atoms with Crippen molar-refractivity contribution in [3.05, 3.63) is 27.7 Å². The Bertz CT molecular complexity index is 413. The lowest BCUT2D eigenvalue weighted by Crippen LogP contribution is -2.22. The normalized spacial score (nSPS) is 19.4. The molecule has 1 N–H and O–H groups in total. The Kier molecular flexibility index (Phi) is 3.01. The fourth-order valence-corrected chi connectivity index (χ4v) is 2.56. The van der Waals surface area contributed by atoms with Gasteiger partial charge in [0, 0.05) is 11.8 Å². The van der Waals surface area contributed by atoms with Crippen molar-refractivity contribution < 1.29 is 9.84 Å². The van der Waals surface area contributed by atoms with Crippen molar-refractivity contribution in [3.8, 4) is 5.75 Å². The second-order valence-electron chi connectivity index (χ2n) is 5.12. The van der Waals surface area contributed by atoms with E-state index >= 15 is 0 Å². The zero-order chi connectivity index (χ0) is 11.9. The number of halogens is 1. The topological polar surface area (TPSA) is 29.5 Å². The minimum absolute atomic E-state index is 0.147. The molecule has 2 nitrogen and oxygen atoms in total. The summed E-state index contributed by atoms with van der Waals surface area (Å²) in [6.45, 7) is 6.30. The van der Waals surface area contributed by atoms with Crippen LogP contribution in [0.4, 0.5) is 0 Å². The van der Waals surface area contributed by atoms with Gasteiger partial charge < -0.3 is 9.84 Å². The predicted molar refractivity (Wildman–Crippen MR) is 68.0 cm³/mol. The molecule has 0 aliphatic carbocycles. The smallest absolute Gasteiger partial charge is 0.137 e. The molecular formula is C13H17BrO2. The molecule has 0 saturated heterocycles. The van der Waals surface area contributed by atoms with Crippen LogP contribution < -0.4 is 4.74 Å². The van der Waals surface area contributed by atoms with E-state index in [2.05, 4.69) is 28.9 Å². The third-order valence-corrected chi connectivity index (χ3v) is 3.71. The summed E-state index contributed by atoms with van der Waals surface area (Å²) in [5.74, 6) is 0.963. The summed E-state index contributed by atoms with van der Waals surface area (Å²) in [5.41, 5.74) is 2.18. The molecule has 1 aliphatic rings. The molecule has 16 heavy (non-hydrogen) atoms. The minimum Gasteiger partial charge on any atom is -0.489 e. The van der Waals surface area contributed by atoms with E-state index < -0.39 is 0 Å². The number of aliphatic hydroxyl groups excluding tert-OH is 1. The Morgan fingerprint density at radius 2 is 2.19 bits per heavy atom. The third kappa shape index (κ3) is 1.98. The molecule has 1 heterocycles. The van der Waals surface area contributed by atoms with E-state index in [-0.39, 0.29) is 18.1 Å². The fraction of sp³-hybridized carbons (Fsp3) is 0.538. The molecule has 88 valence electrons. The van der Waals surface area contributed by atoms with Crippen LogP contribution >= 0.6 is 15.9 Å². The highest BCUT2D eigenvalue weighted by Crippen LogP contribution is 2.39. The number of rotatable bonds is 2. The van der Waals surface area contributed by atoms with Crippen molar-refractivity contribution in [3.63, 3.8) is 0 Å². The number of benzene rings is 1. The molecule has 0 fully saturated rings. The molecule has 0 saturated carbocycles. The van der Waals surface area contributed by atoms with Gasteiger partial charge in [-0.25, -0.2) is 0 Å². The lowest BCUT2D eigenvalue weighted by molar-refractivity contribution is 0.218. The Balaban J connectivity index is 2.46. The van der Waals surface area contributed by atoms with Crippen molar-refractivity contribution in [2.24, 2.45) is 0 Å². The molecule has 1 aromatic carbocycles. The number of hydrogen-bond acceptors (Lipinski definition) is 2. The highest BCUT2D eigenvalue weighted by molar-refractivity contribution is 9.10. The molecule has 3 heteroatoms. The van der Waals surface area contributed by atoms with Gasteiger partial charge in [-0.15, -0.1) is 0 Å². The van der Waals surface area contributed by atoms with Crippen LogP contribution in [0.1, 0.15) is 31.9 Å². The number of hydrogen-bond donors (Lipinski definition) is 1. The average Bonchev–Trinajstić information content (AvgIpc) is 2.59. The van der Waals surface area contributed by atoms with Crippen LogP contribution in [0.2, 0.25) is 0 Å². The quantitative estimate of drug-likeness (QED) is 0.905. The maximum Gasteiger partial charge on any atom is 0.137 e. The lowest BCUT2D eigenvalue weighted by Gasteiger charge is -2.23. The number of fused-ring (bicyclic) bond motifs is 1. The Morgan fingerprint density at radius 1 is 1.50 bits per heavy atom. The van der Waals surface area contributed by atoms with Crippen LogP contribution in [-0.4, -0.2) is 17.8 Å². The Morgan fingerprint density at radius 3 is 2.81 bits per heavy atom. The van der Waals surface area contributed by atoms with Crippen molar-refractivity contribution in [1.29, 1.82) is 0 Å². The molecule has 1 aliphatic heterocycles. The van der Waals surface area contributed by atoms with E-state index in [4.69, 9.17) is 4.74 Å². The summed E-state index contributed by atoms with van der Waals surface area (Å²) >= 11 is 3.54. The van der Waals surface area contributed by atoms with Gasteiger partial charge in [-0.1, -0.05) is 19.9 Å². The van der Waals surface area contributed by atoms with Crippen molar-refractivity contribution in [2.45, 2.75) is 38.7 Å². The molecule has 1 atom stereocenters. The van der Waals surface area contributed by atoms with E-state index in [1.165, 1.54) is 5.56 Å². The van der Waals surface area contributed by atoms with Crippen LogP contribution in [0.3, 0.4) is 0 Å². The van der Waals surface area contributed by atoms with E-state index in [1.807, 2.05) is 19.9 Å². The summed E-state index contributed by atoms with van der Waals surface area (Å²) < 4.78 is 6.72. The standard InChI is InChI=1S/C13H17BrO2/c1-8-4-9-5-10(13(2,3)7-15)6-11(14)12(9)16-8/h5-6,8,15H,4,7H2,1-3H3. The third-order valence-electron chi connectivity index (χ3n) is 3.12. The van der Waals surface area contributed by atoms with Gasteiger partial charge in [0.05, 0.1) is 11.1 Å². The van der Waals surface area contributed by atoms with Gasteiger partial charge in [-0.3, -0.25) is 0 Å². The van der Waals surface area contributed by atoms with Crippen LogP contribution in [0.15, 0.2) is 16.6 Å². The predicted octanol–water partition coefficient (Wildman–Crippen LogP) is 3.04. The summed E-state index contributed by atoms with van der Waals surface area (Å²) in [7, 11) is 0. The first-order chi connectivity index (χ1) is 7.44. The highest BCUT2D eigenvalue weighted by atomic mass is 79.9. The molecule has 0 bridgehead atoms. The van der Waals surface area contributed by atoms with Crippen LogP contribution in [0.25, 0.3) is 0 Å². The van der Waals surface area contributed by atoms with Crippen molar-refractivity contribution >= 4 is 15.9 Å². The molecule has 2 rings (SSSR count). The zero-order valence-electron chi connectivity index (χ0n) is 9.88. The second-order valence-corrected chi connectivity index (χ2v) is 5.98. The molecule has 0 radical (unpaired) electrons. The first kappa shape index (κ1) is 11.9. The molecular weight excluding hydrogens is 268 g/mol. The first-order valence-electron chi connectivity index (χ1n) is 5.54. The van der Waals surface area contributed by atoms with Crippen LogP contribution in [0.5, 0.6) is 5.75 Å². The van der Waals surface area contributed by atoms with Crippen LogP contribution in [0, 0.1) is 0 Å². The highest BCUT2D eigenvalue weighted by Gasteiger charge is 2.26. The van der Waals surface area contributed by atoms with E-state index in [9.17, 15) is 5.11 Å². The largest absolute Gasteiger partial charge is 0.489 e. The van der Waals surface area contributed by atoms with E-state index in [0.717, 1.165) is 22.2 Å². The molecule has 1 unspecified atom stereocenters. The van der Waals surface area contributed by atoms with Gasteiger partial charge in [0.25, 0.3) is 0 Å². The lowest BCUT2D eigenvalue weighted by atomic mass is 9.84. The zero-order valence-corrected chi connectivity index (χ0v) is 11.5. The van der Waals surface area contributed by atoms with E-state index in [1.54, 1.807) is 0 Å². The SMILES string of the molecule is CC1Cc2cc(C(C)(C)CO)cc(Br)c2O1.